The van der Waals surface area contributed by atoms with Crippen LogP contribution in [-0.2, 0) is 35.1 Å². The molecule has 3 aromatic heterocycles. The zero-order valence-electron chi connectivity index (χ0n) is 34.6. The number of rotatable bonds is 17. The third kappa shape index (κ3) is 10.5. The van der Waals surface area contributed by atoms with E-state index in [1.54, 1.807) is 31.2 Å². The highest BCUT2D eigenvalue weighted by Crippen LogP contribution is 2.47. The predicted octanol–water partition coefficient (Wildman–Crippen LogP) is 8.36. The third-order valence-electron chi connectivity index (χ3n) is 9.53. The average molecular weight is 1030 g/mol. The van der Waals surface area contributed by atoms with E-state index in [9.17, 15) is 59.2 Å². The number of hydrogen-bond donors (Lipinski definition) is 6. The van der Waals surface area contributed by atoms with Crippen molar-refractivity contribution in [3.05, 3.63) is 71.3 Å². The minimum Gasteiger partial charge on any atom is -0.505 e. The summed E-state index contributed by atoms with van der Waals surface area (Å²) in [5.41, 5.74) is -0.588. The van der Waals surface area contributed by atoms with Crippen molar-refractivity contribution in [1.29, 1.82) is 5.26 Å². The van der Waals surface area contributed by atoms with Crippen molar-refractivity contribution < 1.29 is 63.8 Å². The van der Waals surface area contributed by atoms with E-state index < -0.39 is 85.6 Å². The van der Waals surface area contributed by atoms with Gasteiger partial charge in [-0.05, 0) is 62.2 Å². The molecule has 3 heterocycles. The molecule has 0 aliphatic heterocycles. The van der Waals surface area contributed by atoms with Crippen LogP contribution in [0.15, 0.2) is 99.4 Å². The van der Waals surface area contributed by atoms with E-state index in [-0.39, 0.29) is 69.9 Å². The van der Waals surface area contributed by atoms with Crippen molar-refractivity contribution in [2.75, 3.05) is 18.1 Å². The summed E-state index contributed by atoms with van der Waals surface area (Å²) in [5.74, 6) is -3.20. The fraction of sp³-hybridized carbons (Fsp3) is 0.184. The van der Waals surface area contributed by atoms with E-state index in [2.05, 4.69) is 45.9 Å². The van der Waals surface area contributed by atoms with Crippen molar-refractivity contribution in [3.8, 4) is 23.4 Å². The molecule has 0 saturated heterocycles. The first kappa shape index (κ1) is 48.8. The lowest BCUT2D eigenvalue weighted by molar-refractivity contribution is -0.136. The van der Waals surface area contributed by atoms with E-state index in [1.807, 2.05) is 6.07 Å². The second-order valence-corrected chi connectivity index (χ2v) is 20.7. The number of para-hydroxylation sites is 2. The summed E-state index contributed by atoms with van der Waals surface area (Å²) in [4.78, 5) is 13.0. The van der Waals surface area contributed by atoms with Crippen molar-refractivity contribution in [2.24, 2.45) is 30.7 Å². The first-order chi connectivity index (χ1) is 32.0. The van der Waals surface area contributed by atoms with Gasteiger partial charge in [0, 0.05) is 28.2 Å². The van der Waals surface area contributed by atoms with Crippen molar-refractivity contribution in [1.82, 2.24) is 19.6 Å². The second kappa shape index (κ2) is 19.2. The number of phenolic OH excluding ortho intramolecular Hbond substituents is 1. The molecule has 0 aliphatic rings. The zero-order valence-corrected chi connectivity index (χ0v) is 38.7. The van der Waals surface area contributed by atoms with Gasteiger partial charge in [0.1, 0.15) is 44.2 Å². The number of aliphatic carboxylic acids is 1. The number of thioether (sulfide) groups is 1. The fourth-order valence-corrected chi connectivity index (χ4v) is 10.1. The van der Waals surface area contributed by atoms with Crippen LogP contribution < -0.4 is 4.74 Å². The Morgan fingerprint density at radius 2 is 1.56 bits per heavy atom. The number of carboxylic acid groups (broad SMARTS) is 1. The molecule has 6 N–H and O–H groups in total. The highest BCUT2D eigenvalue weighted by atomic mass is 32.2. The second-order valence-electron chi connectivity index (χ2n) is 14.1. The zero-order chi connectivity index (χ0) is 49.3. The normalized spacial score (nSPS) is 12.6. The summed E-state index contributed by atoms with van der Waals surface area (Å²) >= 11 is 2.17. The number of aromatic hydroxyl groups is 2. The number of aromatic nitrogens is 4. The largest absolute Gasteiger partial charge is 0.505 e. The van der Waals surface area contributed by atoms with Gasteiger partial charge in [0.2, 0.25) is 5.88 Å². The van der Waals surface area contributed by atoms with Crippen molar-refractivity contribution >= 4 is 120 Å². The van der Waals surface area contributed by atoms with Gasteiger partial charge in [0.05, 0.1) is 35.5 Å². The summed E-state index contributed by atoms with van der Waals surface area (Å²) in [7, 11) is -15.2. The number of nitriles is 1. The number of azo groups is 3. The standard InChI is InChI=1S/C38H31N11O14S5/c1-18-14-26(28(63-11-5-13-66(54,55)56)16-25(18)42-46-37-47-48-38(65-37)64-12-10-30(50)51)43-45-32-29(67(57,58)59)15-21-20(33(32)52)8-9-24(34(21)68(60,61)62)41-44-31-19(2)22(17-39)35-40-23-6-3-4-7-27(23)49(35)36(31)53/h3-4,6-9,14-16,52-53H,5,10-13H2,1-2H3,(H,50,51)(H,54,55,56)(H,57,58,59)(H,60,61,62). The number of nitrogens with zero attached hydrogens (tertiary/aromatic N) is 11. The molecule has 0 unspecified atom stereocenters. The molecule has 7 aromatic rings. The van der Waals surface area contributed by atoms with Gasteiger partial charge in [-0.25, -0.2) is 4.98 Å². The predicted molar refractivity (Wildman–Crippen MR) is 242 cm³/mol. The quantitative estimate of drug-likeness (QED) is 0.0216. The molecular weight excluding hydrogens is 995 g/mol. The number of phenols is 1. The summed E-state index contributed by atoms with van der Waals surface area (Å²) < 4.78 is 112. The number of pyridine rings is 1. The third-order valence-corrected chi connectivity index (χ3v) is 14.1. The minimum absolute atomic E-state index is 0.00975. The number of fused-ring (bicyclic) bond motifs is 4. The molecular formula is C38H31N11O14S5. The van der Waals surface area contributed by atoms with Crippen LogP contribution in [0.25, 0.3) is 27.5 Å². The monoisotopic (exact) mass is 1030 g/mol. The maximum absolute atomic E-state index is 13.0. The molecule has 0 fully saturated rings. The SMILES string of the molecule is Cc1cc(N=Nc2c(S(=O)(=O)O)cc3c(S(=O)(=O)O)c(N=Nc4c(C)c(C#N)c5nc6ccccc6n5c4O)ccc3c2O)c(OCCCS(=O)(=O)O)cc1N=Nc1nnc(SCCC(=O)O)s1. The number of carbonyl (C=O) groups is 1. The van der Waals surface area contributed by atoms with E-state index in [4.69, 9.17) is 9.84 Å². The molecule has 0 aliphatic carbocycles. The summed E-state index contributed by atoms with van der Waals surface area (Å²) in [5, 5.41) is 72.6. The van der Waals surface area contributed by atoms with Gasteiger partial charge in [0.15, 0.2) is 21.4 Å². The van der Waals surface area contributed by atoms with Gasteiger partial charge < -0.3 is 20.1 Å². The molecule has 0 spiro atoms. The number of carboxylic acids is 1. The Morgan fingerprint density at radius 1 is 0.853 bits per heavy atom. The van der Waals surface area contributed by atoms with Gasteiger partial charge in [-0.3, -0.25) is 22.9 Å². The molecule has 0 bridgehead atoms. The fourth-order valence-electron chi connectivity index (χ4n) is 6.46. The Balaban J connectivity index is 1.30. The van der Waals surface area contributed by atoms with Gasteiger partial charge in [0.25, 0.3) is 35.5 Å². The molecule has 4 aromatic carbocycles. The summed E-state index contributed by atoms with van der Waals surface area (Å²) in [6, 6.07) is 13.8. The Hall–Kier alpha value is -7.11. The van der Waals surface area contributed by atoms with Crippen molar-refractivity contribution in [2.45, 2.75) is 40.8 Å². The first-order valence-corrected chi connectivity index (χ1v) is 25.3. The first-order valence-electron chi connectivity index (χ1n) is 19.0. The molecule has 0 amide bonds. The van der Waals surface area contributed by atoms with Gasteiger partial charge in [-0.15, -0.1) is 40.9 Å². The van der Waals surface area contributed by atoms with Crippen LogP contribution >= 0.6 is 23.1 Å². The van der Waals surface area contributed by atoms with E-state index in [0.717, 1.165) is 35.2 Å². The van der Waals surface area contributed by atoms with E-state index in [1.165, 1.54) is 23.5 Å². The molecule has 0 radical (unpaired) electrons. The highest BCUT2D eigenvalue weighted by Gasteiger charge is 2.29. The number of hydrogen-bond acceptors (Lipinski definition) is 22. The van der Waals surface area contributed by atoms with E-state index in [0.29, 0.717) is 27.0 Å². The number of benzene rings is 4. The summed E-state index contributed by atoms with van der Waals surface area (Å²) in [6.07, 6.45) is -0.329. The smallest absolute Gasteiger partial charge is 0.304 e. The van der Waals surface area contributed by atoms with Gasteiger partial charge >= 0.3 is 5.97 Å². The molecule has 30 heteroatoms. The Morgan fingerprint density at radius 3 is 2.25 bits per heavy atom. The van der Waals surface area contributed by atoms with Crippen molar-refractivity contribution in [3.63, 3.8) is 0 Å². The van der Waals surface area contributed by atoms with Gasteiger partial charge in [-0.1, -0.05) is 35.2 Å². The van der Waals surface area contributed by atoms with Crippen LogP contribution in [0.5, 0.6) is 17.4 Å². The Labute approximate surface area is 391 Å². The number of imidazole rings is 1. The van der Waals surface area contributed by atoms with Crippen LogP contribution in [0.4, 0.5) is 33.6 Å². The van der Waals surface area contributed by atoms with Crippen LogP contribution in [0.1, 0.15) is 29.5 Å². The highest BCUT2D eigenvalue weighted by molar-refractivity contribution is 8.01. The molecule has 7 rings (SSSR count). The lowest BCUT2D eigenvalue weighted by Crippen LogP contribution is -2.08. The molecule has 25 nitrogen and oxygen atoms in total. The molecule has 0 atom stereocenters. The number of ether oxygens (including phenoxy) is 1. The topological polar surface area (TPSA) is 391 Å². The average Bonchev–Trinajstić information content (AvgIpc) is 3.88. The van der Waals surface area contributed by atoms with Crippen LogP contribution in [-0.4, -0.2) is 97.9 Å². The molecule has 68 heavy (non-hydrogen) atoms. The molecule has 0 saturated carbocycles. The molecule has 352 valence electrons. The maximum Gasteiger partial charge on any atom is 0.304 e. The van der Waals surface area contributed by atoms with Crippen LogP contribution in [0.2, 0.25) is 0 Å². The van der Waals surface area contributed by atoms with Crippen LogP contribution in [0.3, 0.4) is 0 Å². The number of aryl methyl sites for hydroxylation is 1. The summed E-state index contributed by atoms with van der Waals surface area (Å²) in [6.45, 7) is 2.64. The van der Waals surface area contributed by atoms with Crippen LogP contribution in [0, 0.1) is 25.2 Å². The lowest BCUT2D eigenvalue weighted by Gasteiger charge is -2.13. The maximum atomic E-state index is 13.0. The lowest BCUT2D eigenvalue weighted by atomic mass is 10.1. The Bertz CT molecular complexity index is 3700. The minimum atomic E-state index is -5.43. The van der Waals surface area contributed by atoms with Gasteiger partial charge in [-0.2, -0.15) is 30.5 Å². The Kier molecular flexibility index (Phi) is 13.8. The van der Waals surface area contributed by atoms with E-state index >= 15 is 0 Å².